The molecule has 11 heavy (non-hydrogen) atoms. The second kappa shape index (κ2) is 4.58. The molecule has 0 saturated carbocycles. The molecule has 0 nitrogen and oxygen atoms in total. The topological polar surface area (TPSA) is 0 Å². The first-order chi connectivity index (χ1) is 5.02. The molecule has 0 radical (unpaired) electrons. The Labute approximate surface area is 71.7 Å². The summed E-state index contributed by atoms with van der Waals surface area (Å²) in [6.45, 7) is 13.0. The zero-order valence-corrected chi connectivity index (χ0v) is 8.48. The van der Waals surface area contributed by atoms with E-state index in [0.29, 0.717) is 5.41 Å². The second-order valence-corrected chi connectivity index (χ2v) is 4.34. The molecule has 0 rings (SSSR count). The predicted molar refractivity (Wildman–Crippen MR) is 52.7 cm³/mol. The van der Waals surface area contributed by atoms with Gasteiger partial charge in [0.15, 0.2) is 0 Å². The van der Waals surface area contributed by atoms with E-state index < -0.39 is 0 Å². The summed E-state index contributed by atoms with van der Waals surface area (Å²) in [6.07, 6.45) is 5.77. The van der Waals surface area contributed by atoms with Crippen LogP contribution in [-0.2, 0) is 0 Å². The highest BCUT2D eigenvalue weighted by Gasteiger charge is 2.21. The zero-order valence-electron chi connectivity index (χ0n) is 8.48. The van der Waals surface area contributed by atoms with Crippen LogP contribution in [0, 0.1) is 11.3 Å². The van der Waals surface area contributed by atoms with Crippen LogP contribution in [0.15, 0.2) is 12.7 Å². The molecule has 0 aromatic carbocycles. The van der Waals surface area contributed by atoms with Crippen molar-refractivity contribution in [3.63, 3.8) is 0 Å². The lowest BCUT2D eigenvalue weighted by Crippen LogP contribution is -2.19. The van der Waals surface area contributed by atoms with Crippen LogP contribution >= 0.6 is 0 Å². The number of rotatable bonds is 4. The third-order valence-electron chi connectivity index (χ3n) is 2.44. The molecule has 0 N–H and O–H groups in total. The monoisotopic (exact) mass is 154 g/mol. The third kappa shape index (κ3) is 4.23. The molecule has 0 aliphatic rings. The van der Waals surface area contributed by atoms with Crippen molar-refractivity contribution in [2.75, 3.05) is 0 Å². The number of allylic oxidation sites excluding steroid dienone is 1. The molecule has 66 valence electrons. The van der Waals surface area contributed by atoms with Gasteiger partial charge in [0.25, 0.3) is 0 Å². The van der Waals surface area contributed by atoms with E-state index in [2.05, 4.69) is 34.3 Å². The summed E-state index contributed by atoms with van der Waals surface area (Å²) >= 11 is 0. The van der Waals surface area contributed by atoms with Crippen LogP contribution in [0.5, 0.6) is 0 Å². The fraction of sp³-hybridized carbons (Fsp3) is 0.818. The highest BCUT2D eigenvalue weighted by Crippen LogP contribution is 2.32. The fourth-order valence-electron chi connectivity index (χ4n) is 1.57. The van der Waals surface area contributed by atoms with E-state index in [-0.39, 0.29) is 0 Å². The van der Waals surface area contributed by atoms with Crippen LogP contribution in [0.1, 0.15) is 47.0 Å². The van der Waals surface area contributed by atoms with E-state index in [0.717, 1.165) is 12.3 Å². The van der Waals surface area contributed by atoms with Gasteiger partial charge in [0.2, 0.25) is 0 Å². The van der Waals surface area contributed by atoms with E-state index >= 15 is 0 Å². The lowest BCUT2D eigenvalue weighted by molar-refractivity contribution is 0.220. The van der Waals surface area contributed by atoms with E-state index in [1.54, 1.807) is 0 Å². The van der Waals surface area contributed by atoms with Crippen LogP contribution in [0.3, 0.4) is 0 Å². The van der Waals surface area contributed by atoms with Gasteiger partial charge in [-0.2, -0.15) is 0 Å². The van der Waals surface area contributed by atoms with Gasteiger partial charge in [0.05, 0.1) is 0 Å². The molecule has 1 atom stereocenters. The average molecular weight is 154 g/mol. The Balaban J connectivity index is 3.85. The second-order valence-electron chi connectivity index (χ2n) is 4.34. The first-order valence-corrected chi connectivity index (χ1v) is 4.63. The van der Waals surface area contributed by atoms with Crippen molar-refractivity contribution in [1.82, 2.24) is 0 Å². The molecule has 0 saturated heterocycles. The van der Waals surface area contributed by atoms with Crippen LogP contribution < -0.4 is 0 Å². The first kappa shape index (κ1) is 10.7. The Morgan fingerprint density at radius 2 is 1.91 bits per heavy atom. The smallest absolute Gasteiger partial charge is 0.0351 e. The molecular weight excluding hydrogens is 132 g/mol. The molecule has 0 aliphatic carbocycles. The van der Waals surface area contributed by atoms with Crippen molar-refractivity contribution >= 4 is 0 Å². The zero-order chi connectivity index (χ0) is 8.91. The van der Waals surface area contributed by atoms with Crippen molar-refractivity contribution in [3.05, 3.63) is 12.7 Å². The van der Waals surface area contributed by atoms with Gasteiger partial charge in [-0.3, -0.25) is 0 Å². The molecule has 0 heterocycles. The molecule has 0 heteroatoms. The summed E-state index contributed by atoms with van der Waals surface area (Å²) in [5, 5.41) is 0. The third-order valence-corrected chi connectivity index (χ3v) is 2.44. The van der Waals surface area contributed by atoms with Gasteiger partial charge < -0.3 is 0 Å². The SMILES string of the molecule is C=CCCC(CC)C(C)(C)C. The van der Waals surface area contributed by atoms with E-state index in [4.69, 9.17) is 0 Å². The Morgan fingerprint density at radius 3 is 2.18 bits per heavy atom. The molecule has 0 aromatic heterocycles. The van der Waals surface area contributed by atoms with Crippen LogP contribution in [0.25, 0.3) is 0 Å². The van der Waals surface area contributed by atoms with Crippen molar-refractivity contribution < 1.29 is 0 Å². The van der Waals surface area contributed by atoms with Gasteiger partial charge >= 0.3 is 0 Å². The van der Waals surface area contributed by atoms with Gasteiger partial charge in [0.1, 0.15) is 0 Å². The van der Waals surface area contributed by atoms with Crippen LogP contribution in [0.2, 0.25) is 0 Å². The molecular formula is C11H22. The summed E-state index contributed by atoms with van der Waals surface area (Å²) in [6, 6.07) is 0. The highest BCUT2D eigenvalue weighted by atomic mass is 14.3. The van der Waals surface area contributed by atoms with Gasteiger partial charge in [0, 0.05) is 0 Å². The molecule has 0 aliphatic heterocycles. The van der Waals surface area contributed by atoms with Crippen molar-refractivity contribution in [3.8, 4) is 0 Å². The van der Waals surface area contributed by atoms with Crippen molar-refractivity contribution in [2.45, 2.75) is 47.0 Å². The molecule has 0 spiro atoms. The standard InChI is InChI=1S/C11H22/c1-6-8-9-10(7-2)11(3,4)5/h6,10H,1,7-9H2,2-5H3. The van der Waals surface area contributed by atoms with Gasteiger partial charge in [-0.15, -0.1) is 6.58 Å². The van der Waals surface area contributed by atoms with Gasteiger partial charge in [-0.1, -0.05) is 40.2 Å². The Bertz CT molecular complexity index is 106. The predicted octanol–water partition coefficient (Wildman–Crippen LogP) is 4.02. The summed E-state index contributed by atoms with van der Waals surface area (Å²) in [5.74, 6) is 0.848. The summed E-state index contributed by atoms with van der Waals surface area (Å²) in [4.78, 5) is 0. The van der Waals surface area contributed by atoms with Crippen molar-refractivity contribution in [1.29, 1.82) is 0 Å². The quantitative estimate of drug-likeness (QED) is 0.536. The maximum atomic E-state index is 3.75. The average Bonchev–Trinajstić information content (AvgIpc) is 1.87. The molecule has 1 unspecified atom stereocenters. The van der Waals surface area contributed by atoms with Gasteiger partial charge in [-0.25, -0.2) is 0 Å². The normalized spacial score (nSPS) is 14.5. The largest absolute Gasteiger partial charge is 0.103 e. The first-order valence-electron chi connectivity index (χ1n) is 4.63. The molecule has 0 fully saturated rings. The minimum Gasteiger partial charge on any atom is -0.103 e. The summed E-state index contributed by atoms with van der Waals surface area (Å²) in [5.41, 5.74) is 0.470. The molecule has 0 amide bonds. The fourth-order valence-corrected chi connectivity index (χ4v) is 1.57. The Morgan fingerprint density at radius 1 is 1.36 bits per heavy atom. The van der Waals surface area contributed by atoms with E-state index in [9.17, 15) is 0 Å². The molecule has 0 bridgehead atoms. The maximum Gasteiger partial charge on any atom is -0.0351 e. The lowest BCUT2D eigenvalue weighted by Gasteiger charge is -2.29. The van der Waals surface area contributed by atoms with Gasteiger partial charge in [-0.05, 0) is 24.2 Å². The van der Waals surface area contributed by atoms with Crippen LogP contribution in [0.4, 0.5) is 0 Å². The maximum absolute atomic E-state index is 3.75. The van der Waals surface area contributed by atoms with E-state index in [1.165, 1.54) is 12.8 Å². The van der Waals surface area contributed by atoms with Crippen LogP contribution in [-0.4, -0.2) is 0 Å². The molecule has 0 aromatic rings. The van der Waals surface area contributed by atoms with E-state index in [1.807, 2.05) is 6.08 Å². The summed E-state index contributed by atoms with van der Waals surface area (Å²) < 4.78 is 0. The summed E-state index contributed by atoms with van der Waals surface area (Å²) in [7, 11) is 0. The minimum absolute atomic E-state index is 0.470. The number of hydrogen-bond donors (Lipinski definition) is 0. The number of hydrogen-bond acceptors (Lipinski definition) is 0. The Hall–Kier alpha value is -0.260. The highest BCUT2D eigenvalue weighted by molar-refractivity contribution is 4.76. The lowest BCUT2D eigenvalue weighted by atomic mass is 9.77. The minimum atomic E-state index is 0.470. The Kier molecular flexibility index (Phi) is 4.48. The van der Waals surface area contributed by atoms with Crippen molar-refractivity contribution in [2.24, 2.45) is 11.3 Å².